The Hall–Kier alpha value is -2.54. The largest absolute Gasteiger partial charge is 0.381 e. The number of tetrazole rings is 1. The van der Waals surface area contributed by atoms with Gasteiger partial charge in [0.05, 0.1) is 18.6 Å². The van der Waals surface area contributed by atoms with Gasteiger partial charge in [-0.1, -0.05) is 18.2 Å². The minimum atomic E-state index is 0.604. The summed E-state index contributed by atoms with van der Waals surface area (Å²) >= 11 is 0. The Morgan fingerprint density at radius 3 is 2.88 bits per heavy atom. The summed E-state index contributed by atoms with van der Waals surface area (Å²) in [5, 5.41) is 12.3. The fourth-order valence-corrected chi connectivity index (χ4v) is 3.16. The predicted molar refractivity (Wildman–Crippen MR) is 87.7 cm³/mol. The van der Waals surface area contributed by atoms with E-state index in [-0.39, 0.29) is 0 Å². The first-order chi connectivity index (χ1) is 11.9. The number of hydrogen-bond donors (Lipinski definition) is 0. The van der Waals surface area contributed by atoms with Gasteiger partial charge in [-0.05, 0) is 40.8 Å². The average Bonchev–Trinajstić information content (AvgIpc) is 3.29. The highest BCUT2D eigenvalue weighted by molar-refractivity contribution is 5.41. The Morgan fingerprint density at radius 2 is 2.04 bits per heavy atom. The van der Waals surface area contributed by atoms with E-state index >= 15 is 0 Å². The van der Waals surface area contributed by atoms with Gasteiger partial charge in [-0.15, -0.1) is 5.10 Å². The summed E-state index contributed by atoms with van der Waals surface area (Å²) in [5.74, 6) is 1.55. The van der Waals surface area contributed by atoms with E-state index in [1.165, 1.54) is 0 Å². The van der Waals surface area contributed by atoms with Crippen molar-refractivity contribution in [3.63, 3.8) is 0 Å². The fraction of sp³-hybridized carbons (Fsp3) is 0.412. The van der Waals surface area contributed by atoms with Gasteiger partial charge in [-0.3, -0.25) is 0 Å². The third-order valence-corrected chi connectivity index (χ3v) is 4.51. The van der Waals surface area contributed by atoms with Crippen molar-refractivity contribution in [3.05, 3.63) is 54.4 Å². The van der Waals surface area contributed by atoms with Gasteiger partial charge in [0, 0.05) is 32.0 Å². The highest BCUT2D eigenvalue weighted by atomic mass is 16.5. The number of nitrogens with zero attached hydrogens (tertiary/aromatic N) is 6. The van der Waals surface area contributed by atoms with E-state index in [2.05, 4.69) is 32.6 Å². The van der Waals surface area contributed by atoms with Crippen molar-refractivity contribution in [2.45, 2.75) is 25.8 Å². The van der Waals surface area contributed by atoms with Crippen LogP contribution < -0.4 is 0 Å². The molecule has 1 aliphatic rings. The van der Waals surface area contributed by atoms with Crippen LogP contribution in [0.5, 0.6) is 0 Å². The number of hydrogen-bond acceptors (Lipinski definition) is 5. The van der Waals surface area contributed by atoms with Crippen LogP contribution in [0.4, 0.5) is 0 Å². The highest BCUT2D eigenvalue weighted by Gasteiger charge is 2.18. The molecule has 0 radical (unpaired) electrons. The summed E-state index contributed by atoms with van der Waals surface area (Å²) in [6, 6.07) is 8.26. The third kappa shape index (κ3) is 3.21. The maximum Gasteiger partial charge on any atom is 0.151 e. The number of para-hydroxylation sites is 1. The Kier molecular flexibility index (Phi) is 4.33. The normalized spacial score (nSPS) is 15.7. The summed E-state index contributed by atoms with van der Waals surface area (Å²) in [4.78, 5) is 4.14. The van der Waals surface area contributed by atoms with Gasteiger partial charge in [-0.25, -0.2) is 9.67 Å². The van der Waals surface area contributed by atoms with Crippen molar-refractivity contribution in [3.8, 4) is 5.69 Å². The second-order valence-corrected chi connectivity index (χ2v) is 6.11. The summed E-state index contributed by atoms with van der Waals surface area (Å²) < 4.78 is 9.35. The zero-order valence-corrected chi connectivity index (χ0v) is 13.5. The lowest BCUT2D eigenvalue weighted by molar-refractivity contribution is 0.0656. The molecule has 24 heavy (non-hydrogen) atoms. The monoisotopic (exact) mass is 324 g/mol. The van der Waals surface area contributed by atoms with Crippen molar-refractivity contribution < 1.29 is 4.74 Å². The van der Waals surface area contributed by atoms with Gasteiger partial charge >= 0.3 is 0 Å². The number of aromatic nitrogens is 6. The van der Waals surface area contributed by atoms with Crippen LogP contribution in [-0.2, 0) is 17.7 Å². The fourth-order valence-electron chi connectivity index (χ4n) is 3.16. The molecule has 3 aromatic rings. The van der Waals surface area contributed by atoms with E-state index in [1.807, 2.05) is 27.6 Å². The summed E-state index contributed by atoms with van der Waals surface area (Å²) in [7, 11) is 0. The summed E-state index contributed by atoms with van der Waals surface area (Å²) in [6.45, 7) is 2.34. The van der Waals surface area contributed by atoms with Crippen molar-refractivity contribution >= 4 is 0 Å². The first kappa shape index (κ1) is 15.0. The van der Waals surface area contributed by atoms with Crippen LogP contribution in [-0.4, -0.2) is 43.0 Å². The molecule has 0 aliphatic carbocycles. The van der Waals surface area contributed by atoms with E-state index in [9.17, 15) is 0 Å². The molecule has 7 heteroatoms. The van der Waals surface area contributed by atoms with Crippen LogP contribution in [0.15, 0.2) is 43.0 Å². The molecule has 0 bridgehead atoms. The zero-order chi connectivity index (χ0) is 16.2. The molecule has 4 rings (SSSR count). The molecule has 0 saturated carbocycles. The van der Waals surface area contributed by atoms with Crippen LogP contribution in [0.25, 0.3) is 5.69 Å². The SMILES string of the molecule is c1ccc(-n2ccnc2)c(Cn2nnnc2CC2CCOCC2)c1. The van der Waals surface area contributed by atoms with Gasteiger partial charge < -0.3 is 9.30 Å². The molecule has 124 valence electrons. The highest BCUT2D eigenvalue weighted by Crippen LogP contribution is 2.20. The molecule has 0 unspecified atom stereocenters. The molecule has 7 nitrogen and oxygen atoms in total. The third-order valence-electron chi connectivity index (χ3n) is 4.51. The van der Waals surface area contributed by atoms with Crippen molar-refractivity contribution in [2.24, 2.45) is 5.92 Å². The van der Waals surface area contributed by atoms with E-state index in [0.29, 0.717) is 12.5 Å². The molecule has 0 spiro atoms. The molecule has 0 N–H and O–H groups in total. The molecular weight excluding hydrogens is 304 g/mol. The quantitative estimate of drug-likeness (QED) is 0.716. The van der Waals surface area contributed by atoms with Crippen molar-refractivity contribution in [1.29, 1.82) is 0 Å². The van der Waals surface area contributed by atoms with Crippen LogP contribution in [0.3, 0.4) is 0 Å². The van der Waals surface area contributed by atoms with Crippen LogP contribution in [0.2, 0.25) is 0 Å². The smallest absolute Gasteiger partial charge is 0.151 e. The summed E-state index contributed by atoms with van der Waals surface area (Å²) in [5.41, 5.74) is 2.26. The van der Waals surface area contributed by atoms with E-state index in [4.69, 9.17) is 4.74 Å². The van der Waals surface area contributed by atoms with Crippen LogP contribution in [0, 0.1) is 5.92 Å². The predicted octanol–water partition coefficient (Wildman–Crippen LogP) is 1.88. The lowest BCUT2D eigenvalue weighted by atomic mass is 9.96. The average molecular weight is 324 g/mol. The summed E-state index contributed by atoms with van der Waals surface area (Å²) in [6.07, 6.45) is 8.60. The molecular formula is C17H20N6O. The van der Waals surface area contributed by atoms with Gasteiger partial charge in [0.25, 0.3) is 0 Å². The standard InChI is InChI=1S/C17H20N6O/c1-2-4-16(22-8-7-18-13-22)15(3-1)12-23-17(19-20-21-23)11-14-5-9-24-10-6-14/h1-4,7-8,13-14H,5-6,9-12H2. The number of benzene rings is 1. The van der Waals surface area contributed by atoms with Crippen molar-refractivity contribution in [2.75, 3.05) is 13.2 Å². The Bertz CT molecular complexity index is 776. The topological polar surface area (TPSA) is 70.7 Å². The van der Waals surface area contributed by atoms with Gasteiger partial charge in [-0.2, -0.15) is 0 Å². The number of rotatable bonds is 5. The molecule has 3 heterocycles. The van der Waals surface area contributed by atoms with E-state index in [0.717, 1.165) is 49.6 Å². The minimum absolute atomic E-state index is 0.604. The molecule has 1 fully saturated rings. The van der Waals surface area contributed by atoms with Crippen molar-refractivity contribution in [1.82, 2.24) is 29.8 Å². The van der Waals surface area contributed by atoms with Crippen LogP contribution in [0.1, 0.15) is 24.2 Å². The zero-order valence-electron chi connectivity index (χ0n) is 13.5. The van der Waals surface area contributed by atoms with E-state index in [1.54, 1.807) is 12.5 Å². The van der Waals surface area contributed by atoms with E-state index < -0.39 is 0 Å². The van der Waals surface area contributed by atoms with Gasteiger partial charge in [0.1, 0.15) is 0 Å². The molecule has 0 atom stereocenters. The second kappa shape index (κ2) is 6.92. The Balaban J connectivity index is 1.55. The Morgan fingerprint density at radius 1 is 1.17 bits per heavy atom. The minimum Gasteiger partial charge on any atom is -0.381 e. The Labute approximate surface area is 140 Å². The maximum atomic E-state index is 5.43. The first-order valence-corrected chi connectivity index (χ1v) is 8.29. The first-order valence-electron chi connectivity index (χ1n) is 8.29. The molecule has 1 aromatic carbocycles. The van der Waals surface area contributed by atoms with Gasteiger partial charge in [0.2, 0.25) is 0 Å². The lowest BCUT2D eigenvalue weighted by Gasteiger charge is -2.21. The lowest BCUT2D eigenvalue weighted by Crippen LogP contribution is -2.20. The van der Waals surface area contributed by atoms with Gasteiger partial charge in [0.15, 0.2) is 5.82 Å². The molecule has 2 aromatic heterocycles. The number of imidazole rings is 1. The molecule has 1 saturated heterocycles. The molecule has 0 amide bonds. The molecule has 1 aliphatic heterocycles. The second-order valence-electron chi connectivity index (χ2n) is 6.11. The maximum absolute atomic E-state index is 5.43. The van der Waals surface area contributed by atoms with Crippen LogP contribution >= 0.6 is 0 Å². The number of ether oxygens (including phenoxy) is 1.